The Kier molecular flexibility index (Phi) is 4.62. The third kappa shape index (κ3) is 3.11. The van der Waals surface area contributed by atoms with Gasteiger partial charge in [-0.15, -0.1) is 0 Å². The number of hydrogen-bond donors (Lipinski definition) is 1. The van der Waals surface area contributed by atoms with Gasteiger partial charge in [0.1, 0.15) is 0 Å². The van der Waals surface area contributed by atoms with E-state index in [1.54, 1.807) is 0 Å². The van der Waals surface area contributed by atoms with E-state index in [0.717, 1.165) is 5.92 Å². The lowest BCUT2D eigenvalue weighted by atomic mass is 10.0. The number of hydrogen-bond acceptors (Lipinski definition) is 2. The molecule has 0 saturated carbocycles. The van der Waals surface area contributed by atoms with Crippen molar-refractivity contribution in [1.29, 1.82) is 0 Å². The Morgan fingerprint density at radius 2 is 2.25 bits per heavy atom. The summed E-state index contributed by atoms with van der Waals surface area (Å²) < 4.78 is 0. The van der Waals surface area contributed by atoms with Crippen molar-refractivity contribution in [2.75, 3.05) is 33.2 Å². The maximum Gasteiger partial charge on any atom is 0.00217 e. The molecule has 0 radical (unpaired) electrons. The summed E-state index contributed by atoms with van der Waals surface area (Å²) in [7, 11) is 2.06. The highest BCUT2D eigenvalue weighted by Gasteiger charge is 2.15. The van der Waals surface area contributed by atoms with Gasteiger partial charge in [0.05, 0.1) is 0 Å². The van der Waals surface area contributed by atoms with Gasteiger partial charge < -0.3 is 10.2 Å². The monoisotopic (exact) mass is 170 g/mol. The van der Waals surface area contributed by atoms with Crippen LogP contribution in [0.2, 0.25) is 0 Å². The van der Waals surface area contributed by atoms with Gasteiger partial charge in [0.15, 0.2) is 0 Å². The van der Waals surface area contributed by atoms with Gasteiger partial charge in [-0.1, -0.05) is 13.3 Å². The highest BCUT2D eigenvalue weighted by molar-refractivity contribution is 4.71. The topological polar surface area (TPSA) is 15.3 Å². The molecular weight excluding hydrogens is 148 g/mol. The van der Waals surface area contributed by atoms with Crippen molar-refractivity contribution in [2.24, 2.45) is 5.92 Å². The van der Waals surface area contributed by atoms with Crippen LogP contribution in [-0.2, 0) is 0 Å². The third-order valence-corrected chi connectivity index (χ3v) is 2.79. The van der Waals surface area contributed by atoms with Crippen molar-refractivity contribution in [3.63, 3.8) is 0 Å². The van der Waals surface area contributed by atoms with Crippen molar-refractivity contribution in [2.45, 2.75) is 26.2 Å². The molecule has 2 heteroatoms. The summed E-state index contributed by atoms with van der Waals surface area (Å²) in [6.45, 7) is 7.30. The highest BCUT2D eigenvalue weighted by Crippen LogP contribution is 2.15. The molecule has 0 aromatic rings. The fourth-order valence-corrected chi connectivity index (χ4v) is 2.06. The summed E-state index contributed by atoms with van der Waals surface area (Å²) in [5, 5.41) is 3.28. The first-order valence-corrected chi connectivity index (χ1v) is 5.23. The molecule has 1 rings (SSSR count). The van der Waals surface area contributed by atoms with E-state index in [2.05, 4.69) is 24.2 Å². The van der Waals surface area contributed by atoms with Crippen LogP contribution in [0, 0.1) is 5.92 Å². The maximum atomic E-state index is 3.28. The molecule has 1 saturated heterocycles. The Balaban J connectivity index is 2.31. The lowest BCUT2D eigenvalue weighted by molar-refractivity contribution is 0.259. The van der Waals surface area contributed by atoms with Crippen LogP contribution in [0.25, 0.3) is 0 Å². The molecule has 1 N–H and O–H groups in total. The van der Waals surface area contributed by atoms with Crippen LogP contribution in [0.3, 0.4) is 0 Å². The molecule has 1 heterocycles. The summed E-state index contributed by atoms with van der Waals surface area (Å²) in [5.74, 6) is 0.887. The van der Waals surface area contributed by atoms with Crippen LogP contribution in [0.15, 0.2) is 0 Å². The van der Waals surface area contributed by atoms with Gasteiger partial charge in [0.25, 0.3) is 0 Å². The van der Waals surface area contributed by atoms with Crippen molar-refractivity contribution in [1.82, 2.24) is 10.2 Å². The molecule has 0 bridgehead atoms. The van der Waals surface area contributed by atoms with E-state index in [0.29, 0.717) is 0 Å². The van der Waals surface area contributed by atoms with Crippen LogP contribution in [0.4, 0.5) is 0 Å². The lowest BCUT2D eigenvalue weighted by Gasteiger charge is -2.22. The molecule has 0 aliphatic carbocycles. The van der Waals surface area contributed by atoms with E-state index in [-0.39, 0.29) is 0 Å². The van der Waals surface area contributed by atoms with Crippen molar-refractivity contribution >= 4 is 0 Å². The Hall–Kier alpha value is -0.0800. The summed E-state index contributed by atoms with van der Waals surface area (Å²) in [6.07, 6.45) is 4.23. The molecule has 0 amide bonds. The summed E-state index contributed by atoms with van der Waals surface area (Å²) in [5.41, 5.74) is 0. The van der Waals surface area contributed by atoms with Crippen molar-refractivity contribution in [3.8, 4) is 0 Å². The molecule has 0 aromatic carbocycles. The molecule has 1 fully saturated rings. The van der Waals surface area contributed by atoms with Crippen LogP contribution in [0.1, 0.15) is 26.2 Å². The van der Waals surface area contributed by atoms with E-state index < -0.39 is 0 Å². The first-order valence-electron chi connectivity index (χ1n) is 5.23. The SMILES string of the molecule is CCN1CCCCC(CNC)C1. The van der Waals surface area contributed by atoms with Crippen LogP contribution in [-0.4, -0.2) is 38.1 Å². The average molecular weight is 170 g/mol. The zero-order valence-corrected chi connectivity index (χ0v) is 8.47. The Bertz CT molecular complexity index is 114. The fraction of sp³-hybridized carbons (Fsp3) is 1.00. The number of nitrogens with zero attached hydrogens (tertiary/aromatic N) is 1. The third-order valence-electron chi connectivity index (χ3n) is 2.79. The molecule has 0 spiro atoms. The Labute approximate surface area is 76.3 Å². The number of rotatable bonds is 3. The smallest absolute Gasteiger partial charge is 0.00217 e. The van der Waals surface area contributed by atoms with E-state index in [9.17, 15) is 0 Å². The van der Waals surface area contributed by atoms with Gasteiger partial charge >= 0.3 is 0 Å². The average Bonchev–Trinajstić information content (AvgIpc) is 2.30. The predicted molar refractivity (Wildman–Crippen MR) is 53.4 cm³/mol. The van der Waals surface area contributed by atoms with Crippen molar-refractivity contribution < 1.29 is 0 Å². The second kappa shape index (κ2) is 5.55. The molecule has 1 aliphatic heterocycles. The van der Waals surface area contributed by atoms with Gasteiger partial charge in [-0.3, -0.25) is 0 Å². The minimum Gasteiger partial charge on any atom is -0.319 e. The maximum absolute atomic E-state index is 3.28. The predicted octanol–water partition coefficient (Wildman–Crippen LogP) is 1.33. The zero-order chi connectivity index (χ0) is 8.81. The van der Waals surface area contributed by atoms with Gasteiger partial charge in [-0.25, -0.2) is 0 Å². The lowest BCUT2D eigenvalue weighted by Crippen LogP contribution is -2.32. The molecule has 1 unspecified atom stereocenters. The van der Waals surface area contributed by atoms with E-state index in [1.807, 2.05) is 0 Å². The summed E-state index contributed by atoms with van der Waals surface area (Å²) in [6, 6.07) is 0. The van der Waals surface area contributed by atoms with Gasteiger partial charge in [-0.2, -0.15) is 0 Å². The van der Waals surface area contributed by atoms with E-state index >= 15 is 0 Å². The standard InChI is InChI=1S/C10H22N2/c1-3-12-7-5-4-6-10(9-12)8-11-2/h10-11H,3-9H2,1-2H3. The zero-order valence-electron chi connectivity index (χ0n) is 8.47. The largest absolute Gasteiger partial charge is 0.319 e. The van der Waals surface area contributed by atoms with Gasteiger partial charge in [0, 0.05) is 6.54 Å². The minimum absolute atomic E-state index is 0.887. The second-order valence-electron chi connectivity index (χ2n) is 3.81. The Morgan fingerprint density at radius 3 is 2.92 bits per heavy atom. The quantitative estimate of drug-likeness (QED) is 0.687. The molecule has 0 aromatic heterocycles. The molecule has 2 nitrogen and oxygen atoms in total. The van der Waals surface area contributed by atoms with Crippen LogP contribution < -0.4 is 5.32 Å². The summed E-state index contributed by atoms with van der Waals surface area (Å²) in [4.78, 5) is 2.58. The first-order chi connectivity index (χ1) is 5.86. The molecule has 1 aliphatic rings. The minimum atomic E-state index is 0.887. The molecular formula is C10H22N2. The highest BCUT2D eigenvalue weighted by atomic mass is 15.1. The fourth-order valence-electron chi connectivity index (χ4n) is 2.06. The second-order valence-corrected chi connectivity index (χ2v) is 3.81. The molecule has 12 heavy (non-hydrogen) atoms. The molecule has 72 valence electrons. The van der Waals surface area contributed by atoms with Gasteiger partial charge in [0.2, 0.25) is 0 Å². The van der Waals surface area contributed by atoms with Gasteiger partial charge in [-0.05, 0) is 45.4 Å². The van der Waals surface area contributed by atoms with E-state index in [4.69, 9.17) is 0 Å². The first kappa shape index (κ1) is 10.0. The number of nitrogens with one attached hydrogen (secondary N) is 1. The summed E-state index contributed by atoms with van der Waals surface area (Å²) >= 11 is 0. The van der Waals surface area contributed by atoms with Crippen molar-refractivity contribution in [3.05, 3.63) is 0 Å². The normalized spacial score (nSPS) is 27.0. The number of likely N-dealkylation sites (tertiary alicyclic amines) is 1. The van der Waals surface area contributed by atoms with Crippen LogP contribution >= 0.6 is 0 Å². The van der Waals surface area contributed by atoms with Crippen LogP contribution in [0.5, 0.6) is 0 Å². The Morgan fingerprint density at radius 1 is 1.42 bits per heavy atom. The van der Waals surface area contributed by atoms with E-state index in [1.165, 1.54) is 45.4 Å². The molecule has 1 atom stereocenters.